The minimum Gasteiger partial charge on any atom is -0.348 e. The van der Waals surface area contributed by atoms with Crippen LogP contribution in [0.25, 0.3) is 0 Å². The number of carbonyl (C=O) groups is 1. The number of rotatable bonds is 7. The fourth-order valence-corrected chi connectivity index (χ4v) is 5.76. The highest BCUT2D eigenvalue weighted by molar-refractivity contribution is 7.89. The van der Waals surface area contributed by atoms with Crippen molar-refractivity contribution in [3.63, 3.8) is 0 Å². The van der Waals surface area contributed by atoms with Crippen LogP contribution in [0.15, 0.2) is 77.7 Å². The second-order valence-electron chi connectivity index (χ2n) is 8.36. The number of carbonyl (C=O) groups excluding carboxylic acids is 1. The zero-order valence-corrected chi connectivity index (χ0v) is 20.1. The number of hydrogen-bond donors (Lipinski definition) is 1. The van der Waals surface area contributed by atoms with Crippen molar-refractivity contribution in [1.82, 2.24) is 9.62 Å². The molecule has 0 saturated carbocycles. The van der Waals surface area contributed by atoms with Gasteiger partial charge in [0.2, 0.25) is 15.9 Å². The van der Waals surface area contributed by atoms with Crippen molar-refractivity contribution in [1.29, 1.82) is 0 Å². The summed E-state index contributed by atoms with van der Waals surface area (Å²) in [4.78, 5) is 13.2. The molecule has 5 nitrogen and oxygen atoms in total. The summed E-state index contributed by atoms with van der Waals surface area (Å²) in [6.45, 7) is 1.77. The molecule has 33 heavy (non-hydrogen) atoms. The molecule has 0 aromatic heterocycles. The zero-order valence-electron chi connectivity index (χ0n) is 18.5. The first-order valence-corrected chi connectivity index (χ1v) is 12.8. The predicted octanol–water partition coefficient (Wildman–Crippen LogP) is 5.03. The Labute approximate surface area is 200 Å². The van der Waals surface area contributed by atoms with Crippen LogP contribution in [0.1, 0.15) is 41.1 Å². The van der Waals surface area contributed by atoms with E-state index in [-0.39, 0.29) is 29.9 Å². The van der Waals surface area contributed by atoms with Gasteiger partial charge in [-0.3, -0.25) is 4.79 Å². The Kier molecular flexibility index (Phi) is 7.17. The number of nitrogens with one attached hydrogen (secondary N) is 1. The van der Waals surface area contributed by atoms with E-state index >= 15 is 0 Å². The third-order valence-electron chi connectivity index (χ3n) is 6.08. The van der Waals surface area contributed by atoms with Gasteiger partial charge in [-0.1, -0.05) is 60.1 Å². The minimum atomic E-state index is -3.92. The molecule has 0 bridgehead atoms. The summed E-state index contributed by atoms with van der Waals surface area (Å²) in [5, 5.41) is 3.52. The molecule has 7 heteroatoms. The van der Waals surface area contributed by atoms with Gasteiger partial charge in [0.15, 0.2) is 0 Å². The second kappa shape index (κ2) is 10.1. The predicted molar refractivity (Wildman–Crippen MR) is 130 cm³/mol. The first-order chi connectivity index (χ1) is 15.8. The molecule has 0 fully saturated rings. The molecule has 0 heterocycles. The van der Waals surface area contributed by atoms with Crippen molar-refractivity contribution in [2.75, 3.05) is 6.54 Å². The molecule has 3 aromatic rings. The van der Waals surface area contributed by atoms with E-state index in [1.807, 2.05) is 49.4 Å². The molecule has 0 spiro atoms. The molecular weight excluding hydrogens is 456 g/mol. The van der Waals surface area contributed by atoms with E-state index in [0.717, 1.165) is 36.0 Å². The van der Waals surface area contributed by atoms with Gasteiger partial charge >= 0.3 is 0 Å². The molecular formula is C26H27ClN2O3S. The van der Waals surface area contributed by atoms with Gasteiger partial charge < -0.3 is 5.32 Å². The molecule has 1 aliphatic carbocycles. The number of nitrogens with zero attached hydrogens (tertiary/aromatic N) is 1. The summed E-state index contributed by atoms with van der Waals surface area (Å²) in [5.41, 5.74) is 4.17. The van der Waals surface area contributed by atoms with Crippen LogP contribution in [0.3, 0.4) is 0 Å². The largest absolute Gasteiger partial charge is 0.348 e. The number of sulfonamides is 1. The van der Waals surface area contributed by atoms with Crippen molar-refractivity contribution in [2.45, 2.75) is 43.7 Å². The van der Waals surface area contributed by atoms with Crippen LogP contribution >= 0.6 is 11.6 Å². The Morgan fingerprint density at radius 3 is 2.48 bits per heavy atom. The van der Waals surface area contributed by atoms with Gasteiger partial charge in [0.1, 0.15) is 0 Å². The summed E-state index contributed by atoms with van der Waals surface area (Å²) in [6.07, 6.45) is 2.81. The first-order valence-electron chi connectivity index (χ1n) is 11.0. The zero-order chi connectivity index (χ0) is 23.4. The van der Waals surface area contributed by atoms with Crippen LogP contribution in [0.5, 0.6) is 0 Å². The van der Waals surface area contributed by atoms with Crippen molar-refractivity contribution in [3.8, 4) is 0 Å². The first kappa shape index (κ1) is 23.5. The average molecular weight is 483 g/mol. The van der Waals surface area contributed by atoms with Crippen molar-refractivity contribution in [2.24, 2.45) is 0 Å². The summed E-state index contributed by atoms with van der Waals surface area (Å²) < 4.78 is 28.2. The van der Waals surface area contributed by atoms with E-state index in [4.69, 9.17) is 11.6 Å². The van der Waals surface area contributed by atoms with Crippen molar-refractivity contribution < 1.29 is 13.2 Å². The maximum atomic E-state index is 13.5. The highest BCUT2D eigenvalue weighted by atomic mass is 35.5. The van der Waals surface area contributed by atoms with Crippen LogP contribution < -0.4 is 5.32 Å². The molecule has 0 saturated heterocycles. The van der Waals surface area contributed by atoms with Gasteiger partial charge in [-0.25, -0.2) is 8.42 Å². The van der Waals surface area contributed by atoms with Gasteiger partial charge in [-0.2, -0.15) is 4.31 Å². The average Bonchev–Trinajstić information content (AvgIpc) is 2.80. The van der Waals surface area contributed by atoms with Crippen LogP contribution in [-0.4, -0.2) is 25.2 Å². The fourth-order valence-electron chi connectivity index (χ4n) is 4.26. The third kappa shape index (κ3) is 5.46. The van der Waals surface area contributed by atoms with Crippen molar-refractivity contribution >= 4 is 27.5 Å². The van der Waals surface area contributed by atoms with E-state index in [1.54, 1.807) is 12.1 Å². The quantitative estimate of drug-likeness (QED) is 0.513. The Morgan fingerprint density at radius 1 is 1.03 bits per heavy atom. The second-order valence-corrected chi connectivity index (χ2v) is 10.7. The van der Waals surface area contributed by atoms with Gasteiger partial charge in [0.25, 0.3) is 0 Å². The molecule has 4 rings (SSSR count). The van der Waals surface area contributed by atoms with Gasteiger partial charge in [0.05, 0.1) is 17.5 Å². The molecule has 1 aliphatic rings. The smallest absolute Gasteiger partial charge is 0.243 e. The SMILES string of the molecule is Cc1ccccc1CN(CC(=O)N[C@@H]1CCCc2ccccc21)S(=O)(=O)c1ccc(Cl)cc1. The molecule has 0 radical (unpaired) electrons. The van der Waals surface area contributed by atoms with E-state index in [1.165, 1.54) is 22.0 Å². The van der Waals surface area contributed by atoms with E-state index < -0.39 is 10.0 Å². The maximum Gasteiger partial charge on any atom is 0.243 e. The van der Waals surface area contributed by atoms with Crippen LogP contribution in [0, 0.1) is 6.92 Å². The third-order valence-corrected chi connectivity index (χ3v) is 8.14. The lowest BCUT2D eigenvalue weighted by Gasteiger charge is -2.28. The molecule has 1 amide bonds. The number of amides is 1. The highest BCUT2D eigenvalue weighted by Crippen LogP contribution is 2.29. The van der Waals surface area contributed by atoms with E-state index in [9.17, 15) is 13.2 Å². The number of halogens is 1. The summed E-state index contributed by atoms with van der Waals surface area (Å²) in [6, 6.07) is 21.6. The van der Waals surface area contributed by atoms with Gasteiger partial charge in [0, 0.05) is 11.6 Å². The number of fused-ring (bicyclic) bond motifs is 1. The van der Waals surface area contributed by atoms with Crippen molar-refractivity contribution in [3.05, 3.63) is 100 Å². The topological polar surface area (TPSA) is 66.5 Å². The fraction of sp³-hybridized carbons (Fsp3) is 0.269. The normalized spacial score (nSPS) is 15.8. The Balaban J connectivity index is 1.59. The molecule has 1 atom stereocenters. The summed E-state index contributed by atoms with van der Waals surface area (Å²) >= 11 is 5.95. The molecule has 1 N–H and O–H groups in total. The van der Waals surface area contributed by atoms with Crippen LogP contribution in [0.2, 0.25) is 5.02 Å². The number of benzene rings is 3. The molecule has 172 valence electrons. The minimum absolute atomic E-state index is 0.103. The van der Waals surface area contributed by atoms with Gasteiger partial charge in [-0.15, -0.1) is 0 Å². The number of hydrogen-bond acceptors (Lipinski definition) is 3. The lowest BCUT2D eigenvalue weighted by molar-refractivity contribution is -0.122. The van der Waals surface area contributed by atoms with Crippen LogP contribution in [0.4, 0.5) is 0 Å². The van der Waals surface area contributed by atoms with Gasteiger partial charge in [-0.05, 0) is 72.7 Å². The highest BCUT2D eigenvalue weighted by Gasteiger charge is 2.29. The lowest BCUT2D eigenvalue weighted by atomic mass is 9.88. The lowest BCUT2D eigenvalue weighted by Crippen LogP contribution is -2.42. The van der Waals surface area contributed by atoms with E-state index in [2.05, 4.69) is 11.4 Å². The standard InChI is InChI=1S/C26H27ClN2O3S/c1-19-7-2-3-9-21(19)17-29(33(31,32)23-15-13-22(27)14-16-23)18-26(30)28-25-12-6-10-20-8-4-5-11-24(20)25/h2-5,7-9,11,13-16,25H,6,10,12,17-18H2,1H3,(H,28,30)/t25-/m1/s1. The molecule has 3 aromatic carbocycles. The van der Waals surface area contributed by atoms with Crippen LogP contribution in [-0.2, 0) is 27.8 Å². The Morgan fingerprint density at radius 2 is 1.73 bits per heavy atom. The monoisotopic (exact) mass is 482 g/mol. The molecule has 0 aliphatic heterocycles. The Hall–Kier alpha value is -2.67. The molecule has 0 unspecified atom stereocenters. The summed E-state index contributed by atoms with van der Waals surface area (Å²) in [5.74, 6) is -0.317. The summed E-state index contributed by atoms with van der Waals surface area (Å²) in [7, 11) is -3.92. The number of aryl methyl sites for hydroxylation is 2. The maximum absolute atomic E-state index is 13.5. The Bertz CT molecular complexity index is 1240. The van der Waals surface area contributed by atoms with E-state index in [0.29, 0.717) is 5.02 Å².